The minimum absolute atomic E-state index is 0.931. The van der Waals surface area contributed by atoms with Crippen LogP contribution < -0.4 is 0 Å². The van der Waals surface area contributed by atoms with Crippen LogP contribution in [0.3, 0.4) is 0 Å². The SMILES string of the molecule is C[CH]c1ccco1. The van der Waals surface area contributed by atoms with Gasteiger partial charge in [-0.2, -0.15) is 0 Å². The Morgan fingerprint density at radius 1 is 1.71 bits per heavy atom. The van der Waals surface area contributed by atoms with Crippen molar-refractivity contribution in [2.45, 2.75) is 6.92 Å². The Bertz CT molecular complexity index is 119. The molecule has 0 saturated carbocycles. The van der Waals surface area contributed by atoms with Gasteiger partial charge in [0, 0.05) is 6.42 Å². The molecule has 1 radical (unpaired) electrons. The first-order chi connectivity index (χ1) is 3.43. The third kappa shape index (κ3) is 0.829. The Kier molecular flexibility index (Phi) is 1.16. The standard InChI is InChI=1S/C6H7O/c1-2-6-4-3-5-7-6/h2-5H,1H3. The summed E-state index contributed by atoms with van der Waals surface area (Å²) in [5.41, 5.74) is 0. The molecular weight excluding hydrogens is 88.1 g/mol. The van der Waals surface area contributed by atoms with Gasteiger partial charge in [-0.1, -0.05) is 6.92 Å². The molecule has 37 valence electrons. The van der Waals surface area contributed by atoms with E-state index >= 15 is 0 Å². The van der Waals surface area contributed by atoms with Crippen molar-refractivity contribution in [1.29, 1.82) is 0 Å². The van der Waals surface area contributed by atoms with Gasteiger partial charge < -0.3 is 4.42 Å². The van der Waals surface area contributed by atoms with Crippen molar-refractivity contribution in [2.24, 2.45) is 0 Å². The van der Waals surface area contributed by atoms with E-state index in [0.29, 0.717) is 0 Å². The van der Waals surface area contributed by atoms with Crippen molar-refractivity contribution in [3.8, 4) is 0 Å². The van der Waals surface area contributed by atoms with Crippen LogP contribution in [-0.2, 0) is 0 Å². The van der Waals surface area contributed by atoms with Crippen LogP contribution in [0.1, 0.15) is 12.7 Å². The summed E-state index contributed by atoms with van der Waals surface area (Å²) in [5.74, 6) is 0.931. The first-order valence-electron chi connectivity index (χ1n) is 2.26. The summed E-state index contributed by atoms with van der Waals surface area (Å²) < 4.78 is 4.93. The molecule has 0 spiro atoms. The second-order valence-corrected chi connectivity index (χ2v) is 1.30. The van der Waals surface area contributed by atoms with Crippen molar-refractivity contribution in [1.82, 2.24) is 0 Å². The molecule has 0 aliphatic carbocycles. The number of furan rings is 1. The average molecular weight is 95.1 g/mol. The number of rotatable bonds is 1. The van der Waals surface area contributed by atoms with Crippen molar-refractivity contribution in [3.05, 3.63) is 30.6 Å². The first kappa shape index (κ1) is 4.44. The largest absolute Gasteiger partial charge is 0.469 e. The summed E-state index contributed by atoms with van der Waals surface area (Å²) in [6.07, 6.45) is 3.58. The molecule has 0 N–H and O–H groups in total. The van der Waals surface area contributed by atoms with E-state index in [2.05, 4.69) is 0 Å². The summed E-state index contributed by atoms with van der Waals surface area (Å²) in [4.78, 5) is 0. The maximum Gasteiger partial charge on any atom is 0.107 e. The van der Waals surface area contributed by atoms with Gasteiger partial charge in [0.1, 0.15) is 5.76 Å². The number of hydrogen-bond acceptors (Lipinski definition) is 1. The van der Waals surface area contributed by atoms with E-state index in [-0.39, 0.29) is 0 Å². The molecule has 1 aromatic rings. The van der Waals surface area contributed by atoms with E-state index in [9.17, 15) is 0 Å². The zero-order valence-electron chi connectivity index (χ0n) is 4.22. The Labute approximate surface area is 43.0 Å². The third-order valence-electron chi connectivity index (χ3n) is 0.828. The molecule has 0 aliphatic heterocycles. The average Bonchev–Trinajstić information content (AvgIpc) is 2.14. The molecule has 0 aromatic carbocycles. The lowest BCUT2D eigenvalue weighted by molar-refractivity contribution is 0.540. The van der Waals surface area contributed by atoms with Gasteiger partial charge in [0.25, 0.3) is 0 Å². The molecule has 0 bridgehead atoms. The van der Waals surface area contributed by atoms with Gasteiger partial charge in [-0.3, -0.25) is 0 Å². The molecule has 0 aliphatic rings. The fraction of sp³-hybridized carbons (Fsp3) is 0.167. The molecule has 1 aromatic heterocycles. The minimum atomic E-state index is 0.931. The lowest BCUT2D eigenvalue weighted by atomic mass is 10.4. The summed E-state index contributed by atoms with van der Waals surface area (Å²) in [6, 6.07) is 3.79. The molecular formula is C6H7O. The van der Waals surface area contributed by atoms with Crippen molar-refractivity contribution < 1.29 is 4.42 Å². The molecule has 0 fully saturated rings. The normalized spacial score (nSPS) is 9.29. The lowest BCUT2D eigenvalue weighted by Gasteiger charge is -1.78. The van der Waals surface area contributed by atoms with E-state index in [0.717, 1.165) is 5.76 Å². The van der Waals surface area contributed by atoms with Gasteiger partial charge >= 0.3 is 0 Å². The van der Waals surface area contributed by atoms with Crippen molar-refractivity contribution >= 4 is 0 Å². The van der Waals surface area contributed by atoms with E-state index in [4.69, 9.17) is 4.42 Å². The fourth-order valence-electron chi connectivity index (χ4n) is 0.456. The monoisotopic (exact) mass is 95.0 g/mol. The van der Waals surface area contributed by atoms with E-state index in [1.54, 1.807) is 6.26 Å². The highest BCUT2D eigenvalue weighted by molar-refractivity contribution is 5.06. The van der Waals surface area contributed by atoms with Gasteiger partial charge in [-0.05, 0) is 12.1 Å². The topological polar surface area (TPSA) is 13.1 Å². The summed E-state index contributed by atoms with van der Waals surface area (Å²) in [5, 5.41) is 0. The maximum atomic E-state index is 4.93. The minimum Gasteiger partial charge on any atom is -0.469 e. The Morgan fingerprint density at radius 2 is 2.57 bits per heavy atom. The van der Waals surface area contributed by atoms with Gasteiger partial charge in [-0.15, -0.1) is 0 Å². The number of hydrogen-bond donors (Lipinski definition) is 0. The van der Waals surface area contributed by atoms with Crippen molar-refractivity contribution in [3.63, 3.8) is 0 Å². The highest BCUT2D eigenvalue weighted by Crippen LogP contribution is 2.00. The molecule has 1 heterocycles. The highest BCUT2D eigenvalue weighted by atomic mass is 16.3. The second kappa shape index (κ2) is 1.82. The lowest BCUT2D eigenvalue weighted by Crippen LogP contribution is -1.62. The molecule has 1 nitrogen and oxygen atoms in total. The quantitative estimate of drug-likeness (QED) is 0.518. The van der Waals surface area contributed by atoms with Crippen LogP contribution >= 0.6 is 0 Å². The molecule has 1 heteroatoms. The zero-order chi connectivity index (χ0) is 5.11. The Morgan fingerprint density at radius 3 is 2.86 bits per heavy atom. The Hall–Kier alpha value is -0.720. The smallest absolute Gasteiger partial charge is 0.107 e. The summed E-state index contributed by atoms with van der Waals surface area (Å²) in [6.45, 7) is 1.94. The molecule has 0 amide bonds. The van der Waals surface area contributed by atoms with Crippen LogP contribution in [0.2, 0.25) is 0 Å². The second-order valence-electron chi connectivity index (χ2n) is 1.30. The summed E-state index contributed by atoms with van der Waals surface area (Å²) in [7, 11) is 0. The predicted octanol–water partition coefficient (Wildman–Crippen LogP) is 1.85. The van der Waals surface area contributed by atoms with Crippen LogP contribution in [-0.4, -0.2) is 0 Å². The molecule has 0 saturated heterocycles. The highest BCUT2D eigenvalue weighted by Gasteiger charge is 1.84. The van der Waals surface area contributed by atoms with Crippen LogP contribution in [0.4, 0.5) is 0 Å². The van der Waals surface area contributed by atoms with E-state index in [1.165, 1.54) is 0 Å². The maximum absolute atomic E-state index is 4.93. The van der Waals surface area contributed by atoms with Gasteiger partial charge in [0.15, 0.2) is 0 Å². The fourth-order valence-corrected chi connectivity index (χ4v) is 0.456. The van der Waals surface area contributed by atoms with Gasteiger partial charge in [-0.25, -0.2) is 0 Å². The summed E-state index contributed by atoms with van der Waals surface area (Å²) >= 11 is 0. The molecule has 0 unspecified atom stereocenters. The third-order valence-corrected chi connectivity index (χ3v) is 0.828. The van der Waals surface area contributed by atoms with Crippen LogP contribution in [0.25, 0.3) is 0 Å². The van der Waals surface area contributed by atoms with Crippen LogP contribution in [0, 0.1) is 6.42 Å². The zero-order valence-corrected chi connectivity index (χ0v) is 4.22. The molecule has 7 heavy (non-hydrogen) atoms. The van der Waals surface area contributed by atoms with Crippen molar-refractivity contribution in [2.75, 3.05) is 0 Å². The molecule has 1 rings (SSSR count). The predicted molar refractivity (Wildman–Crippen MR) is 27.8 cm³/mol. The molecule has 0 atom stereocenters. The first-order valence-corrected chi connectivity index (χ1v) is 2.26. The van der Waals surface area contributed by atoms with Gasteiger partial charge in [0.2, 0.25) is 0 Å². The van der Waals surface area contributed by atoms with Crippen LogP contribution in [0.15, 0.2) is 22.8 Å². The Balaban J connectivity index is 2.76. The van der Waals surface area contributed by atoms with E-state index < -0.39 is 0 Å². The van der Waals surface area contributed by atoms with Crippen LogP contribution in [0.5, 0.6) is 0 Å². The van der Waals surface area contributed by atoms with Gasteiger partial charge in [0.05, 0.1) is 6.26 Å². The van der Waals surface area contributed by atoms with E-state index in [1.807, 2.05) is 25.5 Å².